The van der Waals surface area contributed by atoms with Crippen LogP contribution in [-0.4, -0.2) is 11.6 Å². The van der Waals surface area contributed by atoms with Crippen molar-refractivity contribution in [2.45, 2.75) is 0 Å². The van der Waals surface area contributed by atoms with Gasteiger partial charge in [0.25, 0.3) is 0 Å². The lowest BCUT2D eigenvalue weighted by Gasteiger charge is -2.00. The molecule has 3 heterocycles. The topological polar surface area (TPSA) is 60.4 Å². The molecule has 0 saturated carbocycles. The quantitative estimate of drug-likeness (QED) is 0.257. The number of furan rings is 2. The van der Waals surface area contributed by atoms with Gasteiger partial charge in [0.1, 0.15) is 17.1 Å². The Morgan fingerprint density at radius 2 is 1.55 bits per heavy atom. The number of thiophene rings is 1. The van der Waals surface area contributed by atoms with Gasteiger partial charge in [-0.3, -0.25) is 9.59 Å². The smallest absolute Gasteiger partial charge is 0.197 e. The number of carbonyl (C=O) groups excluding carboxylic acids is 2. The summed E-state index contributed by atoms with van der Waals surface area (Å²) >= 11 is 1.54. The average Bonchev–Trinajstić information content (AvgIpc) is 3.48. The van der Waals surface area contributed by atoms with Gasteiger partial charge in [0.2, 0.25) is 0 Å². The molecule has 0 atom stereocenters. The molecular formula is C24H12O4S. The molecule has 0 fully saturated rings. The van der Waals surface area contributed by atoms with E-state index >= 15 is 0 Å². The molecule has 0 N–H and O–H groups in total. The van der Waals surface area contributed by atoms with E-state index in [1.807, 2.05) is 48.5 Å². The van der Waals surface area contributed by atoms with E-state index in [1.165, 1.54) is 11.3 Å². The maximum absolute atomic E-state index is 12.9. The van der Waals surface area contributed by atoms with E-state index in [4.69, 9.17) is 8.83 Å². The summed E-state index contributed by atoms with van der Waals surface area (Å²) < 4.78 is 12.2. The molecule has 0 bridgehead atoms. The van der Waals surface area contributed by atoms with Gasteiger partial charge in [0, 0.05) is 23.3 Å². The Bertz CT molecular complexity index is 1390. The minimum Gasteiger partial charge on any atom is -0.464 e. The van der Waals surface area contributed by atoms with E-state index < -0.39 is 0 Å². The van der Waals surface area contributed by atoms with Crippen LogP contribution >= 0.6 is 11.3 Å². The summed E-state index contributed by atoms with van der Waals surface area (Å²) in [4.78, 5) is 26.7. The van der Waals surface area contributed by atoms with Gasteiger partial charge in [-0.1, -0.05) is 24.3 Å². The van der Waals surface area contributed by atoms with E-state index in [0.717, 1.165) is 26.1 Å². The fourth-order valence-corrected chi connectivity index (χ4v) is 4.74. The Hall–Kier alpha value is -3.70. The zero-order chi connectivity index (χ0) is 19.5. The van der Waals surface area contributed by atoms with Crippen molar-refractivity contribution in [3.8, 4) is 10.6 Å². The molecule has 0 saturated heterocycles. The molecule has 5 heteroatoms. The lowest BCUT2D eigenvalue weighted by molar-refractivity contribution is 0.0990. The van der Waals surface area contributed by atoms with Gasteiger partial charge in [0.05, 0.1) is 21.4 Å². The molecule has 138 valence electrons. The van der Waals surface area contributed by atoms with Gasteiger partial charge in [0.15, 0.2) is 11.6 Å². The van der Waals surface area contributed by atoms with Crippen LogP contribution in [0.15, 0.2) is 81.3 Å². The number of ketones is 2. The van der Waals surface area contributed by atoms with Crippen LogP contribution in [0, 0.1) is 0 Å². The van der Waals surface area contributed by atoms with Crippen LogP contribution in [0.4, 0.5) is 0 Å². The summed E-state index contributed by atoms with van der Waals surface area (Å²) in [7, 11) is 0. The molecule has 0 spiro atoms. The predicted molar refractivity (Wildman–Crippen MR) is 112 cm³/mol. The molecule has 29 heavy (non-hydrogen) atoms. The van der Waals surface area contributed by atoms with Crippen LogP contribution in [0.3, 0.4) is 0 Å². The molecular weight excluding hydrogens is 384 g/mol. The van der Waals surface area contributed by atoms with Gasteiger partial charge < -0.3 is 8.83 Å². The number of carbonyl (C=O) groups is 2. The normalized spacial score (nSPS) is 13.6. The highest BCUT2D eigenvalue weighted by atomic mass is 32.1. The molecule has 0 unspecified atom stereocenters. The van der Waals surface area contributed by atoms with Crippen molar-refractivity contribution in [2.75, 3.05) is 0 Å². The number of Topliss-reactive ketones (excluding diaryl/α,β-unsaturated/α-hetero) is 2. The first-order valence-corrected chi connectivity index (χ1v) is 9.90. The van der Waals surface area contributed by atoms with E-state index in [9.17, 15) is 9.59 Å². The zero-order valence-corrected chi connectivity index (χ0v) is 15.8. The molecule has 1 aliphatic rings. The van der Waals surface area contributed by atoms with Crippen molar-refractivity contribution in [2.24, 2.45) is 0 Å². The Morgan fingerprint density at radius 3 is 2.17 bits per heavy atom. The van der Waals surface area contributed by atoms with Crippen LogP contribution in [0.1, 0.15) is 26.5 Å². The standard InChI is InChI=1S/C24H12O4S/c25-23-16-8-13-4-1-2-5-14(13)9-17(16)24(26)18(23)10-15-11-21-20(28-15)12-22(29-21)19-6-3-7-27-19/h1-12H. The van der Waals surface area contributed by atoms with Gasteiger partial charge in [-0.05, 0) is 41.1 Å². The van der Waals surface area contributed by atoms with Gasteiger partial charge in [-0.25, -0.2) is 0 Å². The third kappa shape index (κ3) is 2.45. The summed E-state index contributed by atoms with van der Waals surface area (Å²) in [5.41, 5.74) is 1.75. The van der Waals surface area contributed by atoms with Gasteiger partial charge >= 0.3 is 0 Å². The zero-order valence-electron chi connectivity index (χ0n) is 15.0. The Labute approximate surface area is 168 Å². The highest BCUT2D eigenvalue weighted by Crippen LogP contribution is 2.37. The monoisotopic (exact) mass is 396 g/mol. The van der Waals surface area contributed by atoms with Crippen LogP contribution in [0.2, 0.25) is 0 Å². The van der Waals surface area contributed by atoms with Crippen LogP contribution in [-0.2, 0) is 0 Å². The molecule has 1 aliphatic carbocycles. The summed E-state index contributed by atoms with van der Waals surface area (Å²) in [5, 5.41) is 1.88. The third-order valence-corrected chi connectivity index (χ3v) is 6.22. The van der Waals surface area contributed by atoms with Crippen molar-refractivity contribution in [1.82, 2.24) is 0 Å². The molecule has 6 rings (SSSR count). The first-order chi connectivity index (χ1) is 14.2. The first kappa shape index (κ1) is 16.3. The summed E-state index contributed by atoms with van der Waals surface area (Å²) in [6, 6.07) is 18.8. The highest BCUT2D eigenvalue weighted by Gasteiger charge is 2.33. The van der Waals surface area contributed by atoms with Crippen molar-refractivity contribution in [1.29, 1.82) is 0 Å². The maximum atomic E-state index is 12.9. The van der Waals surface area contributed by atoms with Crippen molar-refractivity contribution in [3.63, 3.8) is 0 Å². The molecule has 0 aliphatic heterocycles. The number of hydrogen-bond donors (Lipinski definition) is 0. The summed E-state index contributed by atoms with van der Waals surface area (Å²) in [6.07, 6.45) is 3.18. The highest BCUT2D eigenvalue weighted by molar-refractivity contribution is 7.22. The van der Waals surface area contributed by atoms with Crippen LogP contribution in [0.25, 0.3) is 37.8 Å². The second-order valence-corrected chi connectivity index (χ2v) is 8.01. The van der Waals surface area contributed by atoms with Crippen molar-refractivity contribution in [3.05, 3.63) is 89.4 Å². The fraction of sp³-hybridized carbons (Fsp3) is 0. The molecule has 4 nitrogen and oxygen atoms in total. The number of benzene rings is 2. The molecule has 3 aromatic heterocycles. The molecule has 0 radical (unpaired) electrons. The van der Waals surface area contributed by atoms with Gasteiger partial charge in [-0.15, -0.1) is 11.3 Å². The molecule has 5 aromatic rings. The lowest BCUT2D eigenvalue weighted by atomic mass is 10.0. The molecule has 2 aromatic carbocycles. The van der Waals surface area contributed by atoms with E-state index in [1.54, 1.807) is 24.5 Å². The third-order valence-electron chi connectivity index (χ3n) is 5.14. The van der Waals surface area contributed by atoms with Gasteiger partial charge in [-0.2, -0.15) is 0 Å². The second-order valence-electron chi connectivity index (χ2n) is 6.93. The molecule has 0 amide bonds. The predicted octanol–water partition coefficient (Wildman–Crippen LogP) is 6.37. The minimum absolute atomic E-state index is 0.142. The Morgan fingerprint density at radius 1 is 0.828 bits per heavy atom. The number of allylic oxidation sites excluding steroid dienone is 1. The SMILES string of the molecule is O=C1C(=Cc2cc3sc(-c4ccco4)cc3o2)C(=O)c2cc3ccccc3cc21. The van der Waals surface area contributed by atoms with Crippen LogP contribution < -0.4 is 0 Å². The average molecular weight is 396 g/mol. The minimum atomic E-state index is -0.258. The van der Waals surface area contributed by atoms with Crippen molar-refractivity contribution >= 4 is 50.0 Å². The van der Waals surface area contributed by atoms with Crippen LogP contribution in [0.5, 0.6) is 0 Å². The van der Waals surface area contributed by atoms with E-state index in [0.29, 0.717) is 22.5 Å². The maximum Gasteiger partial charge on any atom is 0.197 e. The van der Waals surface area contributed by atoms with E-state index in [2.05, 4.69) is 0 Å². The second kappa shape index (κ2) is 5.90. The first-order valence-electron chi connectivity index (χ1n) is 9.08. The summed E-state index contributed by atoms with van der Waals surface area (Å²) in [5.74, 6) is 0.759. The Balaban J connectivity index is 1.41. The summed E-state index contributed by atoms with van der Waals surface area (Å²) in [6.45, 7) is 0. The fourth-order valence-electron chi connectivity index (χ4n) is 3.75. The Kier molecular flexibility index (Phi) is 3.31. The number of rotatable bonds is 2. The number of hydrogen-bond acceptors (Lipinski definition) is 5. The largest absolute Gasteiger partial charge is 0.464 e. The van der Waals surface area contributed by atoms with Crippen molar-refractivity contribution < 1.29 is 18.4 Å². The number of fused-ring (bicyclic) bond motifs is 3. The van der Waals surface area contributed by atoms with E-state index in [-0.39, 0.29) is 17.1 Å². The lowest BCUT2D eigenvalue weighted by Crippen LogP contribution is -1.99.